The molecule has 5 rings (SSSR count). The Bertz CT molecular complexity index is 803. The van der Waals surface area contributed by atoms with Crippen LogP contribution in [0, 0.1) is 5.92 Å². The maximum Gasteiger partial charge on any atom is 0.308 e. The Hall–Kier alpha value is -1.85. The van der Waals surface area contributed by atoms with Crippen LogP contribution in [0.15, 0.2) is 24.3 Å². The standard InChI is InChI=1S/C21H25NO4/c1-3-9-22-10-8-21-14-5-6-16(24)20(21)26-19-17(25-12(2)23)7-4-13(18(19)21)11-15(14)22/h4-7,14-16,20,24H,3,8-11H2,1-2H3/t14-,15+,16-,20-,21-/m0/s1. The lowest BCUT2D eigenvalue weighted by atomic mass is 9.53. The topological polar surface area (TPSA) is 59.0 Å². The van der Waals surface area contributed by atoms with Crippen LogP contribution in [0.2, 0.25) is 0 Å². The van der Waals surface area contributed by atoms with Crippen molar-refractivity contribution in [2.45, 2.75) is 56.8 Å². The van der Waals surface area contributed by atoms with E-state index < -0.39 is 6.10 Å². The second kappa shape index (κ2) is 5.57. The Labute approximate surface area is 153 Å². The summed E-state index contributed by atoms with van der Waals surface area (Å²) in [4.78, 5) is 14.1. The number of nitrogens with zero attached hydrogens (tertiary/aromatic N) is 1. The monoisotopic (exact) mass is 355 g/mol. The molecule has 2 aliphatic heterocycles. The molecule has 5 nitrogen and oxygen atoms in total. The minimum Gasteiger partial charge on any atom is -0.482 e. The number of carbonyl (C=O) groups excluding carboxylic acids is 1. The first-order valence-corrected chi connectivity index (χ1v) is 9.68. The first-order chi connectivity index (χ1) is 12.6. The van der Waals surface area contributed by atoms with Crippen molar-refractivity contribution in [2.24, 2.45) is 5.92 Å². The van der Waals surface area contributed by atoms with Crippen molar-refractivity contribution >= 4 is 5.97 Å². The summed E-state index contributed by atoms with van der Waals surface area (Å²) in [6, 6.07) is 4.38. The van der Waals surface area contributed by atoms with Gasteiger partial charge in [-0.15, -0.1) is 0 Å². The van der Waals surface area contributed by atoms with Crippen molar-refractivity contribution in [2.75, 3.05) is 13.1 Å². The molecule has 2 aliphatic carbocycles. The smallest absolute Gasteiger partial charge is 0.308 e. The molecular weight excluding hydrogens is 330 g/mol. The zero-order valence-corrected chi connectivity index (χ0v) is 15.3. The minimum atomic E-state index is -0.631. The summed E-state index contributed by atoms with van der Waals surface area (Å²) >= 11 is 0. The molecule has 5 heteroatoms. The van der Waals surface area contributed by atoms with Gasteiger partial charge in [-0.3, -0.25) is 9.69 Å². The van der Waals surface area contributed by atoms with Gasteiger partial charge in [0.05, 0.1) is 0 Å². The molecule has 4 aliphatic rings. The minimum absolute atomic E-state index is 0.206. The molecule has 0 radical (unpaired) electrons. The summed E-state index contributed by atoms with van der Waals surface area (Å²) in [6.07, 6.45) is 6.27. The lowest BCUT2D eigenvalue weighted by Crippen LogP contribution is -2.65. The summed E-state index contributed by atoms with van der Waals surface area (Å²) in [5, 5.41) is 10.7. The Morgan fingerprint density at radius 3 is 3.04 bits per heavy atom. The van der Waals surface area contributed by atoms with Gasteiger partial charge in [-0.2, -0.15) is 0 Å². The van der Waals surface area contributed by atoms with Gasteiger partial charge < -0.3 is 14.6 Å². The predicted molar refractivity (Wildman–Crippen MR) is 96.5 cm³/mol. The molecule has 1 spiro atoms. The second-order valence-corrected chi connectivity index (χ2v) is 8.06. The van der Waals surface area contributed by atoms with Crippen molar-refractivity contribution in [1.82, 2.24) is 4.90 Å². The third kappa shape index (κ3) is 1.96. The normalized spacial score (nSPS) is 36.4. The molecule has 1 saturated heterocycles. The van der Waals surface area contributed by atoms with Crippen LogP contribution in [0.1, 0.15) is 37.8 Å². The number of ether oxygens (including phenoxy) is 2. The molecular formula is C21H25NO4. The lowest BCUT2D eigenvalue weighted by Gasteiger charge is -2.57. The highest BCUT2D eigenvalue weighted by molar-refractivity contribution is 5.72. The zero-order valence-electron chi connectivity index (χ0n) is 15.3. The molecule has 0 aromatic heterocycles. The summed E-state index contributed by atoms with van der Waals surface area (Å²) in [5.41, 5.74) is 2.26. The van der Waals surface area contributed by atoms with Crippen molar-refractivity contribution in [3.8, 4) is 11.5 Å². The van der Waals surface area contributed by atoms with Crippen molar-refractivity contribution in [1.29, 1.82) is 0 Å². The van der Waals surface area contributed by atoms with E-state index in [1.807, 2.05) is 12.1 Å². The van der Waals surface area contributed by atoms with E-state index in [1.54, 1.807) is 0 Å². The van der Waals surface area contributed by atoms with Gasteiger partial charge in [0.1, 0.15) is 12.2 Å². The number of benzene rings is 1. The number of likely N-dealkylation sites (tertiary alicyclic amines) is 1. The summed E-state index contributed by atoms with van der Waals surface area (Å²) in [5.74, 6) is 1.15. The number of aliphatic hydroxyl groups excluding tert-OH is 1. The number of aliphatic hydroxyl groups is 1. The van der Waals surface area contributed by atoms with Crippen LogP contribution < -0.4 is 9.47 Å². The molecule has 5 atom stereocenters. The van der Waals surface area contributed by atoms with Crippen LogP contribution in [-0.4, -0.2) is 47.3 Å². The first kappa shape index (κ1) is 16.3. The molecule has 0 saturated carbocycles. The van der Waals surface area contributed by atoms with Crippen LogP contribution in [0.4, 0.5) is 0 Å². The quantitative estimate of drug-likeness (QED) is 0.512. The number of esters is 1. The fourth-order valence-electron chi connectivity index (χ4n) is 5.92. The number of rotatable bonds is 3. The van der Waals surface area contributed by atoms with Gasteiger partial charge in [0.25, 0.3) is 0 Å². The number of hydrogen-bond donors (Lipinski definition) is 1. The maximum absolute atomic E-state index is 11.5. The first-order valence-electron chi connectivity index (χ1n) is 9.68. The Balaban J connectivity index is 1.70. The van der Waals surface area contributed by atoms with E-state index in [0.717, 1.165) is 32.4 Å². The lowest BCUT2D eigenvalue weighted by molar-refractivity contribution is -0.132. The van der Waals surface area contributed by atoms with Crippen LogP contribution >= 0.6 is 0 Å². The van der Waals surface area contributed by atoms with Gasteiger partial charge in [0, 0.05) is 29.9 Å². The number of carbonyl (C=O) groups is 1. The van der Waals surface area contributed by atoms with Crippen LogP contribution in [0.3, 0.4) is 0 Å². The maximum atomic E-state index is 11.5. The van der Waals surface area contributed by atoms with E-state index in [0.29, 0.717) is 23.5 Å². The predicted octanol–water partition coefficient (Wildman–Crippen LogP) is 2.20. The zero-order chi connectivity index (χ0) is 18.1. The molecule has 1 aromatic rings. The van der Waals surface area contributed by atoms with Gasteiger partial charge in [-0.25, -0.2) is 0 Å². The highest BCUT2D eigenvalue weighted by Gasteiger charge is 2.64. The van der Waals surface area contributed by atoms with Gasteiger partial charge in [-0.05, 0) is 44.0 Å². The third-order valence-electron chi connectivity index (χ3n) is 6.74. The SMILES string of the molecule is CCCN1CC[C@]23c4c5ccc(OC(C)=O)c4O[C@H]2[C@@H](O)C=C[C@H]3[C@H]1C5. The van der Waals surface area contributed by atoms with Gasteiger partial charge >= 0.3 is 5.97 Å². The van der Waals surface area contributed by atoms with E-state index in [1.165, 1.54) is 18.1 Å². The molecule has 1 fully saturated rings. The van der Waals surface area contributed by atoms with E-state index in [9.17, 15) is 9.90 Å². The van der Waals surface area contributed by atoms with Crippen LogP contribution in [0.25, 0.3) is 0 Å². The average molecular weight is 355 g/mol. The second-order valence-electron chi connectivity index (χ2n) is 8.06. The summed E-state index contributed by atoms with van der Waals surface area (Å²) in [6.45, 7) is 5.76. The van der Waals surface area contributed by atoms with Crippen molar-refractivity contribution in [3.05, 3.63) is 35.4 Å². The third-order valence-corrected chi connectivity index (χ3v) is 6.74. The molecule has 0 amide bonds. The molecule has 138 valence electrons. The Morgan fingerprint density at radius 2 is 2.27 bits per heavy atom. The van der Waals surface area contributed by atoms with Gasteiger partial charge in [0.2, 0.25) is 0 Å². The van der Waals surface area contributed by atoms with Crippen molar-refractivity contribution < 1.29 is 19.4 Å². The molecule has 2 bridgehead atoms. The molecule has 1 N–H and O–H groups in total. The average Bonchev–Trinajstić information content (AvgIpc) is 2.95. The van der Waals surface area contributed by atoms with Gasteiger partial charge in [0.15, 0.2) is 11.5 Å². The molecule has 26 heavy (non-hydrogen) atoms. The van der Waals surface area contributed by atoms with Crippen LogP contribution in [0.5, 0.6) is 11.5 Å². The van der Waals surface area contributed by atoms with E-state index >= 15 is 0 Å². The highest BCUT2D eigenvalue weighted by Crippen LogP contribution is 2.62. The Kier molecular flexibility index (Phi) is 3.50. The highest BCUT2D eigenvalue weighted by atomic mass is 16.6. The molecule has 0 unspecified atom stereocenters. The number of piperidine rings is 1. The van der Waals surface area contributed by atoms with Crippen LogP contribution in [-0.2, 0) is 16.6 Å². The summed E-state index contributed by atoms with van der Waals surface area (Å²) < 4.78 is 11.8. The fraction of sp³-hybridized carbons (Fsp3) is 0.571. The van der Waals surface area contributed by atoms with Gasteiger partial charge in [-0.1, -0.05) is 25.1 Å². The van der Waals surface area contributed by atoms with E-state index in [-0.39, 0.29) is 17.5 Å². The van der Waals surface area contributed by atoms with E-state index in [2.05, 4.69) is 24.0 Å². The van der Waals surface area contributed by atoms with Crippen molar-refractivity contribution in [3.63, 3.8) is 0 Å². The fourth-order valence-corrected chi connectivity index (χ4v) is 5.92. The summed E-state index contributed by atoms with van der Waals surface area (Å²) in [7, 11) is 0. The number of hydrogen-bond acceptors (Lipinski definition) is 5. The largest absolute Gasteiger partial charge is 0.482 e. The van der Waals surface area contributed by atoms with E-state index in [4.69, 9.17) is 9.47 Å². The Morgan fingerprint density at radius 1 is 1.42 bits per heavy atom. The molecule has 2 heterocycles. The molecule has 1 aromatic carbocycles.